The summed E-state index contributed by atoms with van der Waals surface area (Å²) >= 11 is 6.76. The van der Waals surface area contributed by atoms with Crippen molar-refractivity contribution in [3.05, 3.63) is 99.7 Å². The number of hydrogen-bond acceptors (Lipinski definition) is 7. The van der Waals surface area contributed by atoms with Crippen molar-refractivity contribution < 1.29 is 4.79 Å². The van der Waals surface area contributed by atoms with Gasteiger partial charge in [-0.25, -0.2) is 4.98 Å². The van der Waals surface area contributed by atoms with Crippen molar-refractivity contribution in [1.29, 1.82) is 0 Å². The van der Waals surface area contributed by atoms with E-state index in [1.54, 1.807) is 42.2 Å². The maximum atomic E-state index is 13.7. The molecular weight excluding hydrogens is 574 g/mol. The van der Waals surface area contributed by atoms with Gasteiger partial charge in [0, 0.05) is 53.2 Å². The highest BCUT2D eigenvalue weighted by atomic mass is 35.5. The number of nitrogens with one attached hydrogen (secondary N) is 2. The van der Waals surface area contributed by atoms with Crippen LogP contribution >= 0.6 is 11.6 Å². The van der Waals surface area contributed by atoms with E-state index in [-0.39, 0.29) is 11.5 Å². The van der Waals surface area contributed by atoms with Crippen LogP contribution in [0.1, 0.15) is 41.7 Å². The number of carbonyl (C=O) groups is 1. The zero-order valence-electron chi connectivity index (χ0n) is 25.0. The normalized spacial score (nSPS) is 14.1. The molecule has 0 bridgehead atoms. The fraction of sp³-hybridized carbons (Fsp3) is 0.265. The third kappa shape index (κ3) is 5.93. The highest BCUT2D eigenvalue weighted by molar-refractivity contribution is 6.33. The van der Waals surface area contributed by atoms with E-state index in [1.165, 1.54) is 18.4 Å². The van der Waals surface area contributed by atoms with Crippen LogP contribution in [0.3, 0.4) is 0 Å². The minimum Gasteiger partial charge on any atom is -0.354 e. The summed E-state index contributed by atoms with van der Waals surface area (Å²) in [5.41, 5.74) is 5.60. The lowest BCUT2D eigenvalue weighted by atomic mass is 9.89. The van der Waals surface area contributed by atoms with Gasteiger partial charge in [-0.1, -0.05) is 35.9 Å². The van der Waals surface area contributed by atoms with E-state index < -0.39 is 0 Å². The third-order valence-corrected chi connectivity index (χ3v) is 8.62. The topological polar surface area (TPSA) is 105 Å². The summed E-state index contributed by atoms with van der Waals surface area (Å²) in [6, 6.07) is 19.3. The molecule has 5 aromatic rings. The van der Waals surface area contributed by atoms with Gasteiger partial charge in [0.2, 0.25) is 5.95 Å². The van der Waals surface area contributed by atoms with Gasteiger partial charge in [-0.15, -0.1) is 0 Å². The molecular formula is C34H34ClN7O2. The van der Waals surface area contributed by atoms with E-state index in [0.29, 0.717) is 45.9 Å². The molecule has 1 aliphatic rings. The number of nitrogens with zero attached hydrogens (tertiary/aromatic N) is 5. The second kappa shape index (κ2) is 12.6. The Kier molecular flexibility index (Phi) is 8.41. The molecule has 1 saturated heterocycles. The van der Waals surface area contributed by atoms with Crippen molar-refractivity contribution in [1.82, 2.24) is 29.7 Å². The predicted molar refractivity (Wildman–Crippen MR) is 176 cm³/mol. The van der Waals surface area contributed by atoms with Crippen LogP contribution in [-0.4, -0.2) is 57.5 Å². The van der Waals surface area contributed by atoms with Crippen LogP contribution in [0.4, 0.5) is 11.6 Å². The summed E-state index contributed by atoms with van der Waals surface area (Å²) in [6.07, 6.45) is 5.66. The number of hydrogen-bond donors (Lipinski definition) is 2. The van der Waals surface area contributed by atoms with E-state index >= 15 is 0 Å². The number of aromatic nitrogens is 4. The quantitative estimate of drug-likeness (QED) is 0.230. The van der Waals surface area contributed by atoms with Gasteiger partial charge >= 0.3 is 0 Å². The molecule has 1 aliphatic heterocycles. The first-order valence-electron chi connectivity index (χ1n) is 14.8. The Labute approximate surface area is 261 Å². The minimum absolute atomic E-state index is 0.187. The van der Waals surface area contributed by atoms with Crippen LogP contribution < -0.4 is 16.2 Å². The molecule has 10 heteroatoms. The van der Waals surface area contributed by atoms with Gasteiger partial charge in [0.25, 0.3) is 11.5 Å². The monoisotopic (exact) mass is 607 g/mol. The first-order valence-corrected chi connectivity index (χ1v) is 15.2. The highest BCUT2D eigenvalue weighted by Crippen LogP contribution is 2.33. The predicted octanol–water partition coefficient (Wildman–Crippen LogP) is 6.11. The number of amides is 1. The van der Waals surface area contributed by atoms with Gasteiger partial charge in [-0.2, -0.15) is 4.98 Å². The fourth-order valence-electron chi connectivity index (χ4n) is 5.79. The number of pyridine rings is 2. The number of fused-ring (bicyclic) bond motifs is 1. The average molecular weight is 608 g/mol. The van der Waals surface area contributed by atoms with E-state index in [1.807, 2.05) is 25.1 Å². The number of halogens is 1. The van der Waals surface area contributed by atoms with E-state index in [4.69, 9.17) is 16.6 Å². The van der Waals surface area contributed by atoms with Gasteiger partial charge in [0.1, 0.15) is 11.3 Å². The highest BCUT2D eigenvalue weighted by Gasteiger charge is 2.19. The number of aryl methyl sites for hydroxylation is 1. The number of piperidine rings is 1. The summed E-state index contributed by atoms with van der Waals surface area (Å²) in [5, 5.41) is 7.03. The van der Waals surface area contributed by atoms with E-state index in [0.717, 1.165) is 35.3 Å². The molecule has 0 saturated carbocycles. The van der Waals surface area contributed by atoms with Crippen molar-refractivity contribution >= 4 is 40.2 Å². The summed E-state index contributed by atoms with van der Waals surface area (Å²) in [7, 11) is 3.74. The Hall–Kier alpha value is -4.60. The van der Waals surface area contributed by atoms with Crippen molar-refractivity contribution in [3.63, 3.8) is 0 Å². The smallest absolute Gasteiger partial charge is 0.269 e. The standard InChI is InChI=1S/C34H34ClN7O2/c1-4-42-31-25(20-38-34(40-31)39-26-8-5-21(6-9-26)22-12-15-41(3)16-13-22)17-28(33(42)44)27-10-7-23(18-29(27)35)24-11-14-37-30(19-24)32(43)36-2/h5-11,14,17-20,22H,4,12-13,15-16H2,1-3H3,(H,36,43)(H,38,39,40). The lowest BCUT2D eigenvalue weighted by molar-refractivity contribution is 0.0958. The number of benzene rings is 2. The Bertz CT molecular complexity index is 1900. The van der Waals surface area contributed by atoms with Crippen molar-refractivity contribution in [3.8, 4) is 22.3 Å². The van der Waals surface area contributed by atoms with Crippen molar-refractivity contribution in [2.75, 3.05) is 32.5 Å². The molecule has 44 heavy (non-hydrogen) atoms. The Morgan fingerprint density at radius 2 is 1.73 bits per heavy atom. The maximum absolute atomic E-state index is 13.7. The molecule has 3 aromatic heterocycles. The first kappa shape index (κ1) is 29.5. The summed E-state index contributed by atoms with van der Waals surface area (Å²) in [6.45, 7) is 4.60. The maximum Gasteiger partial charge on any atom is 0.269 e. The molecule has 6 rings (SSSR count). The first-order chi connectivity index (χ1) is 21.3. The summed E-state index contributed by atoms with van der Waals surface area (Å²) in [4.78, 5) is 41.5. The number of rotatable bonds is 7. The second-order valence-electron chi connectivity index (χ2n) is 11.1. The molecule has 0 spiro atoms. The van der Waals surface area contributed by atoms with Crippen molar-refractivity contribution in [2.24, 2.45) is 0 Å². The van der Waals surface area contributed by atoms with Gasteiger partial charge in [-0.3, -0.25) is 19.1 Å². The van der Waals surface area contributed by atoms with E-state index in [2.05, 4.69) is 56.8 Å². The Morgan fingerprint density at radius 3 is 2.43 bits per heavy atom. The third-order valence-electron chi connectivity index (χ3n) is 8.31. The summed E-state index contributed by atoms with van der Waals surface area (Å²) < 4.78 is 1.64. The van der Waals surface area contributed by atoms with Crippen LogP contribution in [0.2, 0.25) is 5.02 Å². The molecule has 2 N–H and O–H groups in total. The number of anilines is 2. The largest absolute Gasteiger partial charge is 0.354 e. The lowest BCUT2D eigenvalue weighted by Gasteiger charge is -2.29. The molecule has 0 aliphatic carbocycles. The molecule has 9 nitrogen and oxygen atoms in total. The fourth-order valence-corrected chi connectivity index (χ4v) is 6.07. The van der Waals surface area contributed by atoms with Crippen LogP contribution in [0, 0.1) is 0 Å². The molecule has 4 heterocycles. The molecule has 0 radical (unpaired) electrons. The van der Waals surface area contributed by atoms with E-state index in [9.17, 15) is 9.59 Å². The zero-order valence-corrected chi connectivity index (χ0v) is 25.7. The Morgan fingerprint density at radius 1 is 0.977 bits per heavy atom. The Balaban J connectivity index is 1.27. The molecule has 1 amide bonds. The SMILES string of the molecule is CCn1c(=O)c(-c2ccc(-c3ccnc(C(=O)NC)c3)cc2Cl)cc2cnc(Nc3ccc(C4CCN(C)CC4)cc3)nc21. The van der Waals surface area contributed by atoms with Gasteiger partial charge in [-0.05, 0) is 98.9 Å². The lowest BCUT2D eigenvalue weighted by Crippen LogP contribution is -2.29. The minimum atomic E-state index is -0.271. The molecule has 1 fully saturated rings. The van der Waals surface area contributed by atoms with Crippen molar-refractivity contribution in [2.45, 2.75) is 32.2 Å². The second-order valence-corrected chi connectivity index (χ2v) is 11.5. The molecule has 0 unspecified atom stereocenters. The number of carbonyl (C=O) groups excluding carboxylic acids is 1. The van der Waals surface area contributed by atoms with Crippen LogP contribution in [0.25, 0.3) is 33.3 Å². The zero-order chi connectivity index (χ0) is 30.8. The van der Waals surface area contributed by atoms with Crippen LogP contribution in [0.15, 0.2) is 77.9 Å². The molecule has 2 aromatic carbocycles. The number of likely N-dealkylation sites (tertiary alicyclic amines) is 1. The van der Waals surface area contributed by atoms with Gasteiger partial charge in [0.05, 0.1) is 0 Å². The van der Waals surface area contributed by atoms with Gasteiger partial charge < -0.3 is 15.5 Å². The van der Waals surface area contributed by atoms with Crippen LogP contribution in [0.5, 0.6) is 0 Å². The van der Waals surface area contributed by atoms with Crippen LogP contribution in [-0.2, 0) is 6.54 Å². The molecule has 224 valence electrons. The average Bonchev–Trinajstić information content (AvgIpc) is 3.05. The molecule has 0 atom stereocenters. The summed E-state index contributed by atoms with van der Waals surface area (Å²) in [5.74, 6) is 0.745. The van der Waals surface area contributed by atoms with Gasteiger partial charge in [0.15, 0.2) is 0 Å².